The van der Waals surface area contributed by atoms with Crippen molar-refractivity contribution in [3.63, 3.8) is 0 Å². The van der Waals surface area contributed by atoms with Gasteiger partial charge in [0.25, 0.3) is 0 Å². The monoisotopic (exact) mass is 293 g/mol. The quantitative estimate of drug-likeness (QED) is 0.690. The van der Waals surface area contributed by atoms with E-state index in [2.05, 4.69) is 19.2 Å². The maximum Gasteiger partial charge on any atom is 0.224 e. The van der Waals surface area contributed by atoms with E-state index < -0.39 is 0 Å². The second kappa shape index (κ2) is 8.03. The van der Waals surface area contributed by atoms with Crippen LogP contribution in [0.25, 0.3) is 0 Å². The summed E-state index contributed by atoms with van der Waals surface area (Å²) in [6, 6.07) is 5.30. The van der Waals surface area contributed by atoms with Crippen LogP contribution in [0.4, 0.5) is 0 Å². The number of hydrogen-bond acceptors (Lipinski definition) is 3. The van der Waals surface area contributed by atoms with E-state index in [9.17, 15) is 15.0 Å². The Morgan fingerprint density at radius 3 is 2.48 bits per heavy atom. The zero-order chi connectivity index (χ0) is 15.9. The van der Waals surface area contributed by atoms with Gasteiger partial charge in [0.05, 0.1) is 6.42 Å². The Bertz CT molecular complexity index is 467. The highest BCUT2D eigenvalue weighted by Gasteiger charge is 2.26. The van der Waals surface area contributed by atoms with Crippen LogP contribution in [0.3, 0.4) is 0 Å². The number of hydrogen-bond donors (Lipinski definition) is 3. The van der Waals surface area contributed by atoms with Gasteiger partial charge in [0.2, 0.25) is 5.91 Å². The van der Waals surface area contributed by atoms with Crippen LogP contribution in [0.15, 0.2) is 18.2 Å². The van der Waals surface area contributed by atoms with Crippen molar-refractivity contribution < 1.29 is 15.0 Å². The Hall–Kier alpha value is -1.55. The van der Waals surface area contributed by atoms with E-state index in [1.54, 1.807) is 6.07 Å². The highest BCUT2D eigenvalue weighted by Crippen LogP contribution is 2.29. The molecule has 1 aromatic carbocycles. The first-order valence-corrected chi connectivity index (χ1v) is 7.62. The number of aliphatic hydroxyl groups is 1. The van der Waals surface area contributed by atoms with Crippen molar-refractivity contribution >= 4 is 5.91 Å². The smallest absolute Gasteiger partial charge is 0.224 e. The number of carbonyl (C=O) groups excluding carboxylic acids is 1. The van der Waals surface area contributed by atoms with Gasteiger partial charge in [0.1, 0.15) is 5.75 Å². The number of amides is 1. The number of benzene rings is 1. The molecule has 4 heteroatoms. The van der Waals surface area contributed by atoms with Crippen LogP contribution >= 0.6 is 0 Å². The third kappa shape index (κ3) is 5.05. The Labute approximate surface area is 127 Å². The number of aromatic hydroxyl groups is 1. The van der Waals surface area contributed by atoms with Gasteiger partial charge in [-0.1, -0.05) is 26.0 Å². The fourth-order valence-corrected chi connectivity index (χ4v) is 2.48. The van der Waals surface area contributed by atoms with Crippen molar-refractivity contribution in [2.24, 2.45) is 5.41 Å². The summed E-state index contributed by atoms with van der Waals surface area (Å²) >= 11 is 0. The Kier molecular flexibility index (Phi) is 6.69. The minimum atomic E-state index is -0.0533. The van der Waals surface area contributed by atoms with Crippen LogP contribution < -0.4 is 5.32 Å². The minimum absolute atomic E-state index is 0.0280. The summed E-state index contributed by atoms with van der Waals surface area (Å²) in [6.07, 6.45) is 2.81. The predicted octanol–water partition coefficient (Wildman–Crippen LogP) is 2.55. The number of phenolic OH excluding ortho intramolecular Hbond substituents is 1. The van der Waals surface area contributed by atoms with Gasteiger partial charge in [-0.15, -0.1) is 0 Å². The molecule has 1 rings (SSSR count). The topological polar surface area (TPSA) is 69.6 Å². The van der Waals surface area contributed by atoms with Crippen LogP contribution in [0.2, 0.25) is 0 Å². The lowest BCUT2D eigenvalue weighted by Crippen LogP contribution is -2.38. The summed E-state index contributed by atoms with van der Waals surface area (Å²) in [4.78, 5) is 12.0. The molecule has 4 nitrogen and oxygen atoms in total. The highest BCUT2D eigenvalue weighted by molar-refractivity contribution is 5.78. The largest absolute Gasteiger partial charge is 0.508 e. The summed E-state index contributed by atoms with van der Waals surface area (Å²) < 4.78 is 0. The van der Waals surface area contributed by atoms with Crippen molar-refractivity contribution in [3.8, 4) is 5.75 Å². The molecule has 118 valence electrons. The lowest BCUT2D eigenvalue weighted by atomic mass is 9.79. The molecule has 0 aliphatic rings. The van der Waals surface area contributed by atoms with Crippen molar-refractivity contribution in [1.82, 2.24) is 5.32 Å². The molecule has 21 heavy (non-hydrogen) atoms. The predicted molar refractivity (Wildman–Crippen MR) is 84.3 cm³/mol. The van der Waals surface area contributed by atoms with E-state index in [4.69, 9.17) is 0 Å². The fourth-order valence-electron chi connectivity index (χ4n) is 2.48. The molecule has 0 aliphatic heterocycles. The number of phenols is 1. The SMILES string of the molecule is CCC(CC)(CCO)CNC(=O)Cc1ccc(C)c(O)c1. The van der Waals surface area contributed by atoms with E-state index in [1.165, 1.54) is 0 Å². The molecule has 1 aromatic rings. The lowest BCUT2D eigenvalue weighted by molar-refractivity contribution is -0.121. The molecule has 0 unspecified atom stereocenters. The standard InChI is InChI=1S/C17H27NO3/c1-4-17(5-2,8-9-19)12-18-16(21)11-14-7-6-13(3)15(20)10-14/h6-7,10,19-20H,4-5,8-9,11-12H2,1-3H3,(H,18,21). The lowest BCUT2D eigenvalue weighted by Gasteiger charge is -2.31. The highest BCUT2D eigenvalue weighted by atomic mass is 16.3. The molecule has 0 atom stereocenters. The van der Waals surface area contributed by atoms with E-state index in [0.29, 0.717) is 13.0 Å². The third-order valence-electron chi connectivity index (χ3n) is 4.44. The van der Waals surface area contributed by atoms with Gasteiger partial charge in [0, 0.05) is 13.2 Å². The Morgan fingerprint density at radius 2 is 1.95 bits per heavy atom. The van der Waals surface area contributed by atoms with E-state index in [0.717, 1.165) is 24.0 Å². The molecule has 0 radical (unpaired) electrons. The summed E-state index contributed by atoms with van der Waals surface area (Å²) in [5.41, 5.74) is 1.58. The maximum atomic E-state index is 12.0. The number of aliphatic hydroxyl groups excluding tert-OH is 1. The van der Waals surface area contributed by atoms with Gasteiger partial charge >= 0.3 is 0 Å². The Balaban J connectivity index is 2.58. The number of nitrogens with one attached hydrogen (secondary N) is 1. The average Bonchev–Trinajstić information content (AvgIpc) is 2.47. The molecule has 0 fully saturated rings. The summed E-state index contributed by atoms with van der Waals surface area (Å²) in [5, 5.41) is 21.8. The van der Waals surface area contributed by atoms with Gasteiger partial charge in [-0.3, -0.25) is 4.79 Å². The first-order chi connectivity index (χ1) is 9.96. The molecule has 0 aliphatic carbocycles. The van der Waals surface area contributed by atoms with Gasteiger partial charge in [-0.05, 0) is 48.8 Å². The fraction of sp³-hybridized carbons (Fsp3) is 0.588. The summed E-state index contributed by atoms with van der Waals surface area (Å²) in [7, 11) is 0. The molecular weight excluding hydrogens is 266 g/mol. The van der Waals surface area contributed by atoms with Crippen LogP contribution in [0, 0.1) is 12.3 Å². The maximum absolute atomic E-state index is 12.0. The van der Waals surface area contributed by atoms with Crippen molar-refractivity contribution in [1.29, 1.82) is 0 Å². The van der Waals surface area contributed by atoms with Crippen LogP contribution in [0.1, 0.15) is 44.2 Å². The number of carbonyl (C=O) groups is 1. The summed E-state index contributed by atoms with van der Waals surface area (Å²) in [5.74, 6) is 0.166. The third-order valence-corrected chi connectivity index (χ3v) is 4.44. The van der Waals surface area contributed by atoms with Crippen molar-refractivity contribution in [2.45, 2.75) is 46.5 Å². The van der Waals surface area contributed by atoms with Gasteiger partial charge < -0.3 is 15.5 Å². The minimum Gasteiger partial charge on any atom is -0.508 e. The van der Waals surface area contributed by atoms with E-state index in [-0.39, 0.29) is 30.1 Å². The second-order valence-electron chi connectivity index (χ2n) is 5.76. The van der Waals surface area contributed by atoms with Crippen LogP contribution in [-0.4, -0.2) is 29.3 Å². The van der Waals surface area contributed by atoms with Crippen LogP contribution in [0.5, 0.6) is 5.75 Å². The summed E-state index contributed by atoms with van der Waals surface area (Å²) in [6.45, 7) is 6.72. The zero-order valence-electron chi connectivity index (χ0n) is 13.3. The van der Waals surface area contributed by atoms with Gasteiger partial charge in [-0.25, -0.2) is 0 Å². The molecular formula is C17H27NO3. The molecule has 0 bridgehead atoms. The average molecular weight is 293 g/mol. The molecule has 0 aromatic heterocycles. The van der Waals surface area contributed by atoms with E-state index >= 15 is 0 Å². The van der Waals surface area contributed by atoms with E-state index in [1.807, 2.05) is 19.1 Å². The zero-order valence-corrected chi connectivity index (χ0v) is 13.3. The normalized spacial score (nSPS) is 11.4. The van der Waals surface area contributed by atoms with Crippen molar-refractivity contribution in [2.75, 3.05) is 13.2 Å². The van der Waals surface area contributed by atoms with Gasteiger partial charge in [0.15, 0.2) is 0 Å². The molecule has 1 amide bonds. The van der Waals surface area contributed by atoms with Gasteiger partial charge in [-0.2, -0.15) is 0 Å². The first-order valence-electron chi connectivity index (χ1n) is 7.62. The molecule has 0 heterocycles. The molecule has 0 saturated carbocycles. The Morgan fingerprint density at radius 1 is 1.29 bits per heavy atom. The molecule has 3 N–H and O–H groups in total. The first kappa shape index (κ1) is 17.5. The number of rotatable bonds is 8. The van der Waals surface area contributed by atoms with Crippen molar-refractivity contribution in [3.05, 3.63) is 29.3 Å². The molecule has 0 spiro atoms. The van der Waals surface area contributed by atoms with Crippen LogP contribution in [-0.2, 0) is 11.2 Å². The number of aryl methyl sites for hydroxylation is 1. The molecule has 0 saturated heterocycles. The second-order valence-corrected chi connectivity index (χ2v) is 5.76.